The van der Waals surface area contributed by atoms with Crippen LogP contribution in [-0.2, 0) is 6.42 Å². The number of halogens is 1. The van der Waals surface area contributed by atoms with Crippen molar-refractivity contribution in [1.29, 1.82) is 0 Å². The van der Waals surface area contributed by atoms with Gasteiger partial charge in [-0.05, 0) is 24.1 Å². The monoisotopic (exact) mass is 222 g/mol. The van der Waals surface area contributed by atoms with Crippen LogP contribution in [0.25, 0.3) is 0 Å². The Labute approximate surface area is 96.4 Å². The van der Waals surface area contributed by atoms with Crippen molar-refractivity contribution in [1.82, 2.24) is 0 Å². The van der Waals surface area contributed by atoms with Gasteiger partial charge < -0.3 is 4.74 Å². The second-order valence-electron chi connectivity index (χ2n) is 3.18. The van der Waals surface area contributed by atoms with Crippen molar-refractivity contribution >= 4 is 11.6 Å². The average molecular weight is 223 g/mol. The molecular weight excluding hydrogens is 208 g/mol. The molecule has 0 spiro atoms. The zero-order chi connectivity index (χ0) is 11.1. The van der Waals surface area contributed by atoms with Crippen molar-refractivity contribution in [3.05, 3.63) is 28.8 Å². The molecule has 0 aliphatic heterocycles. The van der Waals surface area contributed by atoms with Crippen molar-refractivity contribution in [3.63, 3.8) is 0 Å². The molecule has 1 aromatic carbocycles. The number of benzene rings is 1. The van der Waals surface area contributed by atoms with Crippen LogP contribution in [0.4, 0.5) is 0 Å². The first-order valence-electron chi connectivity index (χ1n) is 5.06. The summed E-state index contributed by atoms with van der Waals surface area (Å²) in [5, 5.41) is 0.665. The van der Waals surface area contributed by atoms with E-state index in [0.29, 0.717) is 5.02 Å². The van der Waals surface area contributed by atoms with E-state index in [0.717, 1.165) is 25.0 Å². The summed E-state index contributed by atoms with van der Waals surface area (Å²) >= 11 is 6.01. The van der Waals surface area contributed by atoms with Crippen LogP contribution in [0.15, 0.2) is 18.2 Å². The summed E-state index contributed by atoms with van der Waals surface area (Å²) in [6.07, 6.45) is 2.75. The maximum absolute atomic E-state index is 6.01. The van der Waals surface area contributed by atoms with E-state index in [1.807, 2.05) is 18.2 Å². The number of ether oxygens (including phenoxy) is 1. The van der Waals surface area contributed by atoms with Crippen molar-refractivity contribution in [2.24, 2.45) is 0 Å². The van der Waals surface area contributed by atoms with Gasteiger partial charge >= 0.3 is 0 Å². The molecule has 1 nitrogen and oxygen atoms in total. The van der Waals surface area contributed by atoms with Gasteiger partial charge in [0, 0.05) is 12.8 Å². The van der Waals surface area contributed by atoms with E-state index < -0.39 is 0 Å². The smallest absolute Gasteiger partial charge is 0.137 e. The number of rotatable bonds is 3. The van der Waals surface area contributed by atoms with Gasteiger partial charge in [0.05, 0.1) is 12.1 Å². The van der Waals surface area contributed by atoms with Crippen molar-refractivity contribution in [2.75, 3.05) is 7.11 Å². The number of hydrogen-bond donors (Lipinski definition) is 0. The van der Waals surface area contributed by atoms with Gasteiger partial charge in [-0.3, -0.25) is 0 Å². The Morgan fingerprint density at radius 3 is 2.73 bits per heavy atom. The van der Waals surface area contributed by atoms with Crippen LogP contribution >= 0.6 is 11.6 Å². The van der Waals surface area contributed by atoms with E-state index in [1.54, 1.807) is 7.11 Å². The summed E-state index contributed by atoms with van der Waals surface area (Å²) in [4.78, 5) is 0. The van der Waals surface area contributed by atoms with Gasteiger partial charge in [0.2, 0.25) is 0 Å². The second-order valence-corrected chi connectivity index (χ2v) is 3.58. The molecule has 0 aliphatic carbocycles. The molecule has 15 heavy (non-hydrogen) atoms. The molecule has 0 N–H and O–H groups in total. The lowest BCUT2D eigenvalue weighted by molar-refractivity contribution is 0.415. The van der Waals surface area contributed by atoms with Gasteiger partial charge in [0.25, 0.3) is 0 Å². The van der Waals surface area contributed by atoms with Crippen LogP contribution in [0.3, 0.4) is 0 Å². The van der Waals surface area contributed by atoms with Gasteiger partial charge in [-0.15, -0.1) is 11.8 Å². The molecule has 0 bridgehead atoms. The van der Waals surface area contributed by atoms with Crippen LogP contribution < -0.4 is 4.74 Å². The Balaban J connectivity index is 2.59. The van der Waals surface area contributed by atoms with E-state index in [1.165, 1.54) is 5.56 Å². The first-order chi connectivity index (χ1) is 7.27. The summed E-state index contributed by atoms with van der Waals surface area (Å²) in [6, 6.07) is 5.86. The van der Waals surface area contributed by atoms with Gasteiger partial charge in [0.1, 0.15) is 5.75 Å². The van der Waals surface area contributed by atoms with Crippen LogP contribution in [0.1, 0.15) is 25.3 Å². The third kappa shape index (κ3) is 3.85. The highest BCUT2D eigenvalue weighted by Crippen LogP contribution is 2.25. The summed E-state index contributed by atoms with van der Waals surface area (Å²) in [7, 11) is 1.62. The third-order valence-electron chi connectivity index (χ3n) is 2.06. The van der Waals surface area contributed by atoms with E-state index in [-0.39, 0.29) is 0 Å². The summed E-state index contributed by atoms with van der Waals surface area (Å²) in [5.74, 6) is 6.88. The quantitative estimate of drug-likeness (QED) is 0.709. The highest BCUT2D eigenvalue weighted by molar-refractivity contribution is 6.32. The van der Waals surface area contributed by atoms with Crippen LogP contribution in [0.5, 0.6) is 5.75 Å². The first-order valence-corrected chi connectivity index (χ1v) is 5.44. The Morgan fingerprint density at radius 1 is 1.33 bits per heavy atom. The predicted molar refractivity (Wildman–Crippen MR) is 64.4 cm³/mol. The maximum atomic E-state index is 6.01. The van der Waals surface area contributed by atoms with E-state index in [4.69, 9.17) is 16.3 Å². The number of aryl methyl sites for hydroxylation is 1. The van der Waals surface area contributed by atoms with Crippen LogP contribution in [-0.4, -0.2) is 7.11 Å². The lowest BCUT2D eigenvalue weighted by Gasteiger charge is -2.04. The minimum Gasteiger partial charge on any atom is -0.495 e. The molecular formula is C13H15ClO. The van der Waals surface area contributed by atoms with Crippen LogP contribution in [0.2, 0.25) is 5.02 Å². The first kappa shape index (κ1) is 11.9. The van der Waals surface area contributed by atoms with Gasteiger partial charge in [-0.2, -0.15) is 0 Å². The van der Waals surface area contributed by atoms with Crippen molar-refractivity contribution in [2.45, 2.75) is 26.2 Å². The molecule has 0 heterocycles. The normalized spacial score (nSPS) is 9.27. The van der Waals surface area contributed by atoms with Crippen molar-refractivity contribution in [3.8, 4) is 17.6 Å². The van der Waals surface area contributed by atoms with Gasteiger partial charge in [-0.1, -0.05) is 24.6 Å². The Bertz CT molecular complexity index is 374. The Hall–Kier alpha value is -1.13. The van der Waals surface area contributed by atoms with E-state index in [2.05, 4.69) is 18.8 Å². The molecule has 0 unspecified atom stereocenters. The van der Waals surface area contributed by atoms with Gasteiger partial charge in [0.15, 0.2) is 0 Å². The average Bonchev–Trinajstić information content (AvgIpc) is 2.25. The summed E-state index contributed by atoms with van der Waals surface area (Å²) in [6.45, 7) is 2.05. The maximum Gasteiger partial charge on any atom is 0.137 e. The lowest BCUT2D eigenvalue weighted by Crippen LogP contribution is -1.87. The van der Waals surface area contributed by atoms with E-state index >= 15 is 0 Å². The Kier molecular flexibility index (Phi) is 5.07. The molecule has 0 saturated carbocycles. The molecule has 0 radical (unpaired) electrons. The molecule has 1 rings (SSSR count). The fourth-order valence-corrected chi connectivity index (χ4v) is 1.57. The predicted octanol–water partition coefficient (Wildman–Crippen LogP) is 3.69. The van der Waals surface area contributed by atoms with E-state index in [9.17, 15) is 0 Å². The fraction of sp³-hybridized carbons (Fsp3) is 0.385. The molecule has 0 aromatic heterocycles. The second kappa shape index (κ2) is 6.37. The van der Waals surface area contributed by atoms with Crippen LogP contribution in [0, 0.1) is 11.8 Å². The molecule has 0 saturated heterocycles. The molecule has 1 aromatic rings. The van der Waals surface area contributed by atoms with Crippen molar-refractivity contribution < 1.29 is 4.74 Å². The third-order valence-corrected chi connectivity index (χ3v) is 2.35. The summed E-state index contributed by atoms with van der Waals surface area (Å²) < 4.78 is 5.08. The molecule has 2 heteroatoms. The zero-order valence-electron chi connectivity index (χ0n) is 9.14. The molecule has 0 aliphatic rings. The topological polar surface area (TPSA) is 9.23 Å². The SMILES string of the molecule is CCC#CCCc1ccc(OC)c(Cl)c1. The molecule has 80 valence electrons. The summed E-state index contributed by atoms with van der Waals surface area (Å²) in [5.41, 5.74) is 1.20. The standard InChI is InChI=1S/C13H15ClO/c1-3-4-5-6-7-11-8-9-13(15-2)12(14)10-11/h8-10H,3,6-7H2,1-2H3. The molecule has 0 atom stereocenters. The molecule has 0 fully saturated rings. The number of hydrogen-bond acceptors (Lipinski definition) is 1. The highest BCUT2D eigenvalue weighted by Gasteiger charge is 2.00. The highest BCUT2D eigenvalue weighted by atomic mass is 35.5. The minimum atomic E-state index is 0.665. The minimum absolute atomic E-state index is 0.665. The number of methoxy groups -OCH3 is 1. The Morgan fingerprint density at radius 2 is 2.13 bits per heavy atom. The largest absolute Gasteiger partial charge is 0.495 e. The zero-order valence-corrected chi connectivity index (χ0v) is 9.90. The van der Waals surface area contributed by atoms with Gasteiger partial charge in [-0.25, -0.2) is 0 Å². The lowest BCUT2D eigenvalue weighted by atomic mass is 10.1. The fourth-order valence-electron chi connectivity index (χ4n) is 1.29. The molecule has 0 amide bonds.